The van der Waals surface area contributed by atoms with E-state index in [0.717, 1.165) is 5.56 Å². The van der Waals surface area contributed by atoms with Crippen LogP contribution in [0.1, 0.15) is 23.5 Å². The number of amides is 1. The number of alkyl halides is 2. The van der Waals surface area contributed by atoms with Gasteiger partial charge in [0.05, 0.1) is 0 Å². The van der Waals surface area contributed by atoms with Crippen molar-refractivity contribution in [3.05, 3.63) is 65.5 Å². The van der Waals surface area contributed by atoms with Gasteiger partial charge in [-0.2, -0.15) is 8.78 Å². The van der Waals surface area contributed by atoms with Crippen LogP contribution in [0.4, 0.5) is 13.2 Å². The Hall–Kier alpha value is -2.50. The Kier molecular flexibility index (Phi) is 4.74. The van der Waals surface area contributed by atoms with Gasteiger partial charge in [-0.3, -0.25) is 4.79 Å². The molecule has 1 N–H and O–H groups in total. The van der Waals surface area contributed by atoms with Crippen molar-refractivity contribution in [2.24, 2.45) is 5.92 Å². The standard InChI is InChI=1S/C18H16F3NO2/c19-13-7-5-11(6-8-13)14-9-15(14)17(23)22-10-12-3-1-2-4-16(12)24-18(20)21/h1-8,14-15,18H,9-10H2,(H,22,23)/t14-,15-/m0/s1. The Morgan fingerprint density at radius 1 is 1.17 bits per heavy atom. The lowest BCUT2D eigenvalue weighted by atomic mass is 10.1. The molecule has 3 nitrogen and oxygen atoms in total. The third-order valence-electron chi connectivity index (χ3n) is 4.07. The van der Waals surface area contributed by atoms with Gasteiger partial charge in [0.1, 0.15) is 11.6 Å². The number of carbonyl (C=O) groups excluding carboxylic acids is 1. The second kappa shape index (κ2) is 6.95. The van der Waals surface area contributed by atoms with Gasteiger partial charge >= 0.3 is 6.61 Å². The molecule has 1 fully saturated rings. The number of hydrogen-bond donors (Lipinski definition) is 1. The van der Waals surface area contributed by atoms with Crippen molar-refractivity contribution in [1.29, 1.82) is 0 Å². The van der Waals surface area contributed by atoms with Crippen molar-refractivity contribution in [2.45, 2.75) is 25.5 Å². The SMILES string of the molecule is O=C(NCc1ccccc1OC(F)F)[C@H]1C[C@H]1c1ccc(F)cc1. The zero-order valence-electron chi connectivity index (χ0n) is 12.7. The van der Waals surface area contributed by atoms with Crippen molar-refractivity contribution in [2.75, 3.05) is 0 Å². The average Bonchev–Trinajstić information content (AvgIpc) is 3.34. The zero-order valence-corrected chi connectivity index (χ0v) is 12.7. The summed E-state index contributed by atoms with van der Waals surface area (Å²) in [6.07, 6.45) is 0.701. The smallest absolute Gasteiger partial charge is 0.387 e. The number of nitrogens with one attached hydrogen (secondary N) is 1. The predicted molar refractivity (Wildman–Crippen MR) is 82.2 cm³/mol. The lowest BCUT2D eigenvalue weighted by Gasteiger charge is -2.11. The van der Waals surface area contributed by atoms with Crippen molar-refractivity contribution < 1.29 is 22.7 Å². The number of hydrogen-bond acceptors (Lipinski definition) is 2. The maximum absolute atomic E-state index is 12.9. The minimum Gasteiger partial charge on any atom is -0.434 e. The highest BCUT2D eigenvalue weighted by Crippen LogP contribution is 2.47. The quantitative estimate of drug-likeness (QED) is 0.871. The average molecular weight is 335 g/mol. The number of halogens is 3. The lowest BCUT2D eigenvalue weighted by molar-refractivity contribution is -0.122. The Morgan fingerprint density at radius 3 is 2.58 bits per heavy atom. The minimum absolute atomic E-state index is 0.0543. The van der Waals surface area contributed by atoms with E-state index >= 15 is 0 Å². The predicted octanol–water partition coefficient (Wildman–Crippen LogP) is 3.85. The molecular weight excluding hydrogens is 319 g/mol. The highest BCUT2D eigenvalue weighted by Gasteiger charge is 2.43. The van der Waals surface area contributed by atoms with Crippen LogP contribution in [-0.2, 0) is 11.3 Å². The van der Waals surface area contributed by atoms with Gasteiger partial charge in [0.25, 0.3) is 0 Å². The van der Waals surface area contributed by atoms with Gasteiger partial charge in [-0.25, -0.2) is 4.39 Å². The number of carbonyl (C=O) groups is 1. The Labute approximate surface area is 137 Å². The molecule has 0 aromatic heterocycles. The van der Waals surface area contributed by atoms with E-state index in [1.54, 1.807) is 30.3 Å². The van der Waals surface area contributed by atoms with Crippen LogP contribution in [0.5, 0.6) is 5.75 Å². The molecule has 6 heteroatoms. The Morgan fingerprint density at radius 2 is 1.88 bits per heavy atom. The first-order chi connectivity index (χ1) is 11.5. The lowest BCUT2D eigenvalue weighted by Crippen LogP contribution is -2.25. The van der Waals surface area contributed by atoms with Crippen LogP contribution in [0.3, 0.4) is 0 Å². The summed E-state index contributed by atoms with van der Waals surface area (Å²) in [6, 6.07) is 12.5. The van der Waals surface area contributed by atoms with Crippen LogP contribution < -0.4 is 10.1 Å². The molecule has 0 radical (unpaired) electrons. The third kappa shape index (κ3) is 3.88. The molecule has 0 unspecified atom stereocenters. The fraction of sp³-hybridized carbons (Fsp3) is 0.278. The first kappa shape index (κ1) is 16.4. The molecule has 0 spiro atoms. The van der Waals surface area contributed by atoms with Gasteiger partial charge in [-0.1, -0.05) is 30.3 Å². The number of benzene rings is 2. The number of ether oxygens (including phenoxy) is 1. The summed E-state index contributed by atoms with van der Waals surface area (Å²) >= 11 is 0. The molecule has 2 atom stereocenters. The van der Waals surface area contributed by atoms with Gasteiger partial charge in [0.15, 0.2) is 0 Å². The second-order valence-electron chi connectivity index (χ2n) is 5.70. The van der Waals surface area contributed by atoms with E-state index < -0.39 is 6.61 Å². The fourth-order valence-electron chi connectivity index (χ4n) is 2.74. The zero-order chi connectivity index (χ0) is 17.1. The molecule has 1 saturated carbocycles. The van der Waals surface area contributed by atoms with Crippen LogP contribution in [0.25, 0.3) is 0 Å². The third-order valence-corrected chi connectivity index (χ3v) is 4.07. The molecule has 0 heterocycles. The van der Waals surface area contributed by atoms with E-state index in [4.69, 9.17) is 0 Å². The van der Waals surface area contributed by atoms with Crippen molar-refractivity contribution in [3.63, 3.8) is 0 Å². The summed E-state index contributed by atoms with van der Waals surface area (Å²) in [7, 11) is 0. The number of rotatable bonds is 6. The maximum atomic E-state index is 12.9. The van der Waals surface area contributed by atoms with Gasteiger partial charge in [0, 0.05) is 18.0 Å². The van der Waals surface area contributed by atoms with Gasteiger partial charge < -0.3 is 10.1 Å². The molecule has 0 saturated heterocycles. The van der Waals surface area contributed by atoms with E-state index in [-0.39, 0.29) is 35.9 Å². The van der Waals surface area contributed by atoms with Gasteiger partial charge in [-0.05, 0) is 36.1 Å². The molecule has 1 aliphatic rings. The van der Waals surface area contributed by atoms with E-state index in [1.807, 2.05) is 0 Å². The Bertz CT molecular complexity index is 718. The molecule has 3 rings (SSSR count). The highest BCUT2D eigenvalue weighted by molar-refractivity contribution is 5.82. The second-order valence-corrected chi connectivity index (χ2v) is 5.70. The summed E-state index contributed by atoms with van der Waals surface area (Å²) in [5.74, 6) is -0.484. The van der Waals surface area contributed by atoms with Crippen LogP contribution in [0, 0.1) is 11.7 Å². The number of para-hydroxylation sites is 1. The van der Waals surface area contributed by atoms with Crippen molar-refractivity contribution >= 4 is 5.91 Å². The molecule has 1 aliphatic carbocycles. The van der Waals surface area contributed by atoms with Crippen molar-refractivity contribution in [1.82, 2.24) is 5.32 Å². The van der Waals surface area contributed by atoms with E-state index in [0.29, 0.717) is 12.0 Å². The molecular formula is C18H16F3NO2. The summed E-state index contributed by atoms with van der Waals surface area (Å²) < 4.78 is 42.1. The van der Waals surface area contributed by atoms with Crippen LogP contribution >= 0.6 is 0 Å². The minimum atomic E-state index is -2.91. The molecule has 24 heavy (non-hydrogen) atoms. The first-order valence-electron chi connectivity index (χ1n) is 7.60. The van der Waals surface area contributed by atoms with E-state index in [1.165, 1.54) is 18.2 Å². The summed E-state index contributed by atoms with van der Waals surface area (Å²) in [4.78, 5) is 12.2. The van der Waals surface area contributed by atoms with Crippen molar-refractivity contribution in [3.8, 4) is 5.75 Å². The summed E-state index contributed by atoms with van der Waals surface area (Å²) in [5.41, 5.74) is 1.42. The van der Waals surface area contributed by atoms with E-state index in [9.17, 15) is 18.0 Å². The van der Waals surface area contributed by atoms with Crippen LogP contribution in [0.15, 0.2) is 48.5 Å². The topological polar surface area (TPSA) is 38.3 Å². The van der Waals surface area contributed by atoms with Crippen LogP contribution in [0.2, 0.25) is 0 Å². The van der Waals surface area contributed by atoms with Gasteiger partial charge in [-0.15, -0.1) is 0 Å². The normalized spacial score (nSPS) is 19.2. The largest absolute Gasteiger partial charge is 0.434 e. The molecule has 126 valence electrons. The van der Waals surface area contributed by atoms with Gasteiger partial charge in [0.2, 0.25) is 5.91 Å². The maximum Gasteiger partial charge on any atom is 0.387 e. The Balaban J connectivity index is 1.56. The molecule has 0 bridgehead atoms. The fourth-order valence-corrected chi connectivity index (χ4v) is 2.74. The van der Waals surface area contributed by atoms with E-state index in [2.05, 4.69) is 10.1 Å². The molecule has 0 aliphatic heterocycles. The monoisotopic (exact) mass is 335 g/mol. The summed E-state index contributed by atoms with van der Waals surface area (Å²) in [5, 5.41) is 2.75. The molecule has 1 amide bonds. The molecule has 2 aromatic rings. The first-order valence-corrected chi connectivity index (χ1v) is 7.60. The highest BCUT2D eigenvalue weighted by atomic mass is 19.3. The summed E-state index contributed by atoms with van der Waals surface area (Å²) in [6.45, 7) is -2.79. The molecule has 2 aromatic carbocycles. The van der Waals surface area contributed by atoms with Crippen LogP contribution in [-0.4, -0.2) is 12.5 Å².